The molecule has 1 atom stereocenters. The molecule has 0 fully saturated rings. The smallest absolute Gasteiger partial charge is 0.338 e. The lowest BCUT2D eigenvalue weighted by molar-refractivity contribution is -0.118. The fourth-order valence-corrected chi connectivity index (χ4v) is 2.62. The van der Waals surface area contributed by atoms with E-state index < -0.39 is 41.0 Å². The van der Waals surface area contributed by atoms with Crippen molar-refractivity contribution in [3.8, 4) is 0 Å². The summed E-state index contributed by atoms with van der Waals surface area (Å²) in [7, 11) is 0. The Labute approximate surface area is 167 Å². The number of nitrogens with one attached hydrogen (secondary N) is 2. The maximum atomic E-state index is 13.8. The molecule has 2 N–H and O–H groups in total. The third-order valence-electron chi connectivity index (χ3n) is 4.07. The Bertz CT molecular complexity index is 895. The van der Waals surface area contributed by atoms with Gasteiger partial charge in [0.1, 0.15) is 23.2 Å². The molecule has 2 amide bonds. The van der Waals surface area contributed by atoms with Crippen LogP contribution >= 0.6 is 0 Å². The Hall–Kier alpha value is -3.29. The van der Waals surface area contributed by atoms with Gasteiger partial charge in [-0.15, -0.1) is 0 Å². The van der Waals surface area contributed by atoms with Gasteiger partial charge in [0, 0.05) is 5.69 Å². The fraction of sp³-hybridized carbons (Fsp3) is 0.286. The van der Waals surface area contributed by atoms with Gasteiger partial charge in [-0.05, 0) is 43.2 Å². The third-order valence-corrected chi connectivity index (χ3v) is 4.07. The molecule has 0 saturated heterocycles. The summed E-state index contributed by atoms with van der Waals surface area (Å²) in [6.07, 6.45) is 0. The van der Waals surface area contributed by atoms with Crippen LogP contribution in [0.4, 0.5) is 14.5 Å². The van der Waals surface area contributed by atoms with Crippen LogP contribution in [0.5, 0.6) is 0 Å². The average molecular weight is 404 g/mol. The van der Waals surface area contributed by atoms with E-state index in [2.05, 4.69) is 10.6 Å². The molecule has 0 bridgehead atoms. The topological polar surface area (TPSA) is 84.5 Å². The predicted molar refractivity (Wildman–Crippen MR) is 103 cm³/mol. The van der Waals surface area contributed by atoms with Crippen LogP contribution in [0.15, 0.2) is 42.5 Å². The van der Waals surface area contributed by atoms with Crippen molar-refractivity contribution in [2.75, 3.05) is 11.9 Å². The fourth-order valence-electron chi connectivity index (χ4n) is 2.62. The summed E-state index contributed by atoms with van der Waals surface area (Å²) in [6.45, 7) is 5.25. The molecule has 1 unspecified atom stereocenters. The van der Waals surface area contributed by atoms with Gasteiger partial charge in [-0.2, -0.15) is 0 Å². The largest absolute Gasteiger partial charge is 0.462 e. The van der Waals surface area contributed by atoms with E-state index in [0.29, 0.717) is 5.69 Å². The van der Waals surface area contributed by atoms with Crippen molar-refractivity contribution in [3.05, 3.63) is 65.2 Å². The highest BCUT2D eigenvalue weighted by molar-refractivity contribution is 6.02. The van der Waals surface area contributed by atoms with E-state index in [-0.39, 0.29) is 18.1 Å². The van der Waals surface area contributed by atoms with E-state index in [4.69, 9.17) is 4.74 Å². The molecule has 0 aliphatic rings. The molecular weight excluding hydrogens is 382 g/mol. The van der Waals surface area contributed by atoms with Gasteiger partial charge in [0.25, 0.3) is 5.91 Å². The van der Waals surface area contributed by atoms with E-state index in [1.807, 2.05) is 0 Å². The number of amides is 2. The second-order valence-electron chi connectivity index (χ2n) is 6.58. The van der Waals surface area contributed by atoms with Crippen molar-refractivity contribution in [1.29, 1.82) is 0 Å². The van der Waals surface area contributed by atoms with Gasteiger partial charge in [-0.3, -0.25) is 9.59 Å². The quantitative estimate of drug-likeness (QED) is 0.692. The van der Waals surface area contributed by atoms with E-state index in [9.17, 15) is 23.2 Å². The Balaban J connectivity index is 2.17. The minimum Gasteiger partial charge on any atom is -0.462 e. The first-order valence-electron chi connectivity index (χ1n) is 9.07. The predicted octanol–water partition coefficient (Wildman–Crippen LogP) is 3.53. The van der Waals surface area contributed by atoms with Gasteiger partial charge in [0.15, 0.2) is 0 Å². The molecule has 8 heteroatoms. The lowest BCUT2D eigenvalue weighted by Crippen LogP contribution is -2.47. The van der Waals surface area contributed by atoms with Gasteiger partial charge < -0.3 is 15.4 Å². The number of anilines is 1. The van der Waals surface area contributed by atoms with Crippen molar-refractivity contribution in [2.24, 2.45) is 5.92 Å². The Kier molecular flexibility index (Phi) is 7.41. The van der Waals surface area contributed by atoms with Crippen LogP contribution in [0.3, 0.4) is 0 Å². The number of rotatable bonds is 7. The second kappa shape index (κ2) is 9.77. The standard InChI is InChI=1S/C21H22F2N2O4/c1-4-29-21(28)13-7-5-8-14(11-13)24-20(27)18(12(2)3)25-19(26)17-15(22)9-6-10-16(17)23/h5-12,18H,4H2,1-3H3,(H,24,27)(H,25,26). The van der Waals surface area contributed by atoms with E-state index >= 15 is 0 Å². The third kappa shape index (κ3) is 5.60. The van der Waals surface area contributed by atoms with E-state index in [1.165, 1.54) is 12.1 Å². The molecular formula is C21H22F2N2O4. The number of carbonyl (C=O) groups is 3. The summed E-state index contributed by atoms with van der Waals surface area (Å²) in [5.74, 6) is -4.57. The summed E-state index contributed by atoms with van der Waals surface area (Å²) in [6, 6.07) is 8.11. The highest BCUT2D eigenvalue weighted by Crippen LogP contribution is 2.16. The molecule has 154 valence electrons. The minimum absolute atomic E-state index is 0.212. The highest BCUT2D eigenvalue weighted by Gasteiger charge is 2.27. The minimum atomic E-state index is -1.06. The average Bonchev–Trinajstić information content (AvgIpc) is 2.66. The molecule has 6 nitrogen and oxygen atoms in total. The molecule has 2 aromatic rings. The van der Waals surface area contributed by atoms with Crippen LogP contribution in [-0.2, 0) is 9.53 Å². The number of ether oxygens (including phenoxy) is 1. The number of benzene rings is 2. The summed E-state index contributed by atoms with van der Waals surface area (Å²) >= 11 is 0. The number of esters is 1. The van der Waals surface area contributed by atoms with Crippen molar-refractivity contribution >= 4 is 23.5 Å². The Morgan fingerprint density at radius 1 is 1.03 bits per heavy atom. The SMILES string of the molecule is CCOC(=O)c1cccc(NC(=O)C(NC(=O)c2c(F)cccc2F)C(C)C)c1. The van der Waals surface area contributed by atoms with Crippen molar-refractivity contribution in [1.82, 2.24) is 5.32 Å². The molecule has 0 spiro atoms. The Morgan fingerprint density at radius 2 is 1.66 bits per heavy atom. The van der Waals surface area contributed by atoms with Gasteiger partial charge in [-0.25, -0.2) is 13.6 Å². The molecule has 2 rings (SSSR count). The Morgan fingerprint density at radius 3 is 2.24 bits per heavy atom. The molecule has 0 aliphatic heterocycles. The van der Waals surface area contributed by atoms with Gasteiger partial charge >= 0.3 is 5.97 Å². The molecule has 2 aromatic carbocycles. The van der Waals surface area contributed by atoms with Crippen LogP contribution in [0.2, 0.25) is 0 Å². The van der Waals surface area contributed by atoms with Crippen LogP contribution in [-0.4, -0.2) is 30.4 Å². The molecule has 0 heterocycles. The summed E-state index contributed by atoms with van der Waals surface area (Å²) in [4.78, 5) is 36.8. The number of hydrogen-bond acceptors (Lipinski definition) is 4. The van der Waals surface area contributed by atoms with Gasteiger partial charge in [-0.1, -0.05) is 26.0 Å². The lowest BCUT2D eigenvalue weighted by atomic mass is 10.0. The number of carbonyl (C=O) groups excluding carboxylic acids is 3. The molecule has 0 radical (unpaired) electrons. The summed E-state index contributed by atoms with van der Waals surface area (Å²) < 4.78 is 32.6. The highest BCUT2D eigenvalue weighted by atomic mass is 19.1. The number of hydrogen-bond donors (Lipinski definition) is 2. The van der Waals surface area contributed by atoms with Crippen LogP contribution in [0, 0.1) is 17.6 Å². The summed E-state index contributed by atoms with van der Waals surface area (Å²) in [5, 5.41) is 4.97. The van der Waals surface area contributed by atoms with E-state index in [0.717, 1.165) is 18.2 Å². The van der Waals surface area contributed by atoms with Gasteiger partial charge in [0.05, 0.1) is 12.2 Å². The maximum Gasteiger partial charge on any atom is 0.338 e. The molecule has 0 aromatic heterocycles. The van der Waals surface area contributed by atoms with Crippen molar-refractivity contribution in [2.45, 2.75) is 26.8 Å². The van der Waals surface area contributed by atoms with E-state index in [1.54, 1.807) is 32.9 Å². The molecule has 0 aliphatic carbocycles. The molecule has 29 heavy (non-hydrogen) atoms. The van der Waals surface area contributed by atoms with Crippen LogP contribution in [0.1, 0.15) is 41.5 Å². The second-order valence-corrected chi connectivity index (χ2v) is 6.58. The first kappa shape index (κ1) is 22.0. The van der Waals surface area contributed by atoms with Crippen LogP contribution in [0.25, 0.3) is 0 Å². The van der Waals surface area contributed by atoms with Crippen molar-refractivity contribution < 1.29 is 27.9 Å². The summed E-state index contributed by atoms with van der Waals surface area (Å²) in [5.41, 5.74) is -0.184. The normalized spacial score (nSPS) is 11.7. The maximum absolute atomic E-state index is 13.8. The first-order chi connectivity index (χ1) is 13.7. The van der Waals surface area contributed by atoms with Gasteiger partial charge in [0.2, 0.25) is 5.91 Å². The zero-order chi connectivity index (χ0) is 21.6. The number of halogens is 2. The zero-order valence-electron chi connectivity index (χ0n) is 16.3. The van der Waals surface area contributed by atoms with Crippen molar-refractivity contribution in [3.63, 3.8) is 0 Å². The molecule has 0 saturated carbocycles. The van der Waals surface area contributed by atoms with Crippen LogP contribution < -0.4 is 10.6 Å². The lowest BCUT2D eigenvalue weighted by Gasteiger charge is -2.22. The first-order valence-corrected chi connectivity index (χ1v) is 9.07. The monoisotopic (exact) mass is 404 g/mol. The zero-order valence-corrected chi connectivity index (χ0v) is 16.3.